The molecule has 3 N–H and O–H groups in total. The van der Waals surface area contributed by atoms with Gasteiger partial charge in [0.25, 0.3) is 20.2 Å². The highest BCUT2D eigenvalue weighted by molar-refractivity contribution is 7.86. The van der Waals surface area contributed by atoms with Crippen molar-refractivity contribution >= 4 is 43.3 Å². The Bertz CT molecular complexity index is 2190. The summed E-state index contributed by atoms with van der Waals surface area (Å²) in [6.45, 7) is 14.1. The number of benzene rings is 2. The molecule has 1 aliphatic carbocycles. The lowest BCUT2D eigenvalue weighted by molar-refractivity contribution is -0.438. The third-order valence-corrected chi connectivity index (χ3v) is 12.9. The molecular formula is C42H55N2O8S2+. The second-order valence-corrected chi connectivity index (χ2v) is 18.9. The summed E-state index contributed by atoms with van der Waals surface area (Å²) >= 11 is 0. The molecule has 10 nitrogen and oxygen atoms in total. The number of hydrogen-bond acceptors (Lipinski definition) is 6. The summed E-state index contributed by atoms with van der Waals surface area (Å²) in [7, 11) is -8.51. The quantitative estimate of drug-likeness (QED) is 0.0917. The second-order valence-electron chi connectivity index (χ2n) is 15.9. The average molecular weight is 780 g/mol. The maximum atomic E-state index is 12.1. The van der Waals surface area contributed by atoms with E-state index in [4.69, 9.17) is 5.11 Å². The van der Waals surface area contributed by atoms with Gasteiger partial charge in [0.15, 0.2) is 5.71 Å². The Labute approximate surface area is 321 Å². The number of nitrogens with zero attached hydrogens (tertiary/aromatic N) is 2. The van der Waals surface area contributed by atoms with E-state index in [1.807, 2.05) is 13.8 Å². The van der Waals surface area contributed by atoms with Crippen LogP contribution in [0.1, 0.15) is 109 Å². The summed E-state index contributed by atoms with van der Waals surface area (Å²) < 4.78 is 68.4. The van der Waals surface area contributed by atoms with Gasteiger partial charge in [-0.3, -0.25) is 13.9 Å². The molecule has 0 saturated heterocycles. The molecule has 0 saturated carbocycles. The first-order valence-electron chi connectivity index (χ1n) is 18.8. The highest BCUT2D eigenvalue weighted by atomic mass is 32.2. The van der Waals surface area contributed by atoms with Crippen molar-refractivity contribution in [1.82, 2.24) is 0 Å². The van der Waals surface area contributed by atoms with Crippen LogP contribution in [0.4, 0.5) is 11.4 Å². The molecule has 2 aromatic rings. The minimum atomic E-state index is -4.42. The Morgan fingerprint density at radius 2 is 1.59 bits per heavy atom. The van der Waals surface area contributed by atoms with E-state index in [-0.39, 0.29) is 28.9 Å². The molecule has 0 amide bonds. The lowest BCUT2D eigenvalue weighted by atomic mass is 9.80. The molecule has 2 heterocycles. The smallest absolute Gasteiger partial charge is 0.303 e. The number of aliphatic carboxylic acids is 1. The lowest BCUT2D eigenvalue weighted by Gasteiger charge is -2.27. The summed E-state index contributed by atoms with van der Waals surface area (Å²) in [4.78, 5) is 13.0. The van der Waals surface area contributed by atoms with E-state index in [0.717, 1.165) is 55.6 Å². The van der Waals surface area contributed by atoms with Crippen molar-refractivity contribution in [2.45, 2.75) is 115 Å². The maximum Gasteiger partial charge on any atom is 0.303 e. The van der Waals surface area contributed by atoms with Crippen LogP contribution in [0, 0.1) is 6.92 Å². The number of carboxylic acid groups (broad SMARTS) is 1. The van der Waals surface area contributed by atoms with Crippen molar-refractivity contribution in [2.75, 3.05) is 23.7 Å². The number of anilines is 1. The molecule has 2 aliphatic heterocycles. The molecule has 0 aromatic heterocycles. The molecule has 0 atom stereocenters. The third kappa shape index (κ3) is 9.16. The third-order valence-electron chi connectivity index (χ3n) is 11.3. The van der Waals surface area contributed by atoms with Crippen LogP contribution in [0.25, 0.3) is 0 Å². The first kappa shape index (κ1) is 41.3. The molecule has 0 unspecified atom stereocenters. The molecule has 3 aliphatic rings. The van der Waals surface area contributed by atoms with E-state index in [1.165, 1.54) is 51.4 Å². The molecule has 5 rings (SSSR count). The zero-order valence-electron chi connectivity index (χ0n) is 32.4. The number of carboxylic acids is 1. The van der Waals surface area contributed by atoms with E-state index >= 15 is 0 Å². The number of aryl methyl sites for hydroxylation is 1. The van der Waals surface area contributed by atoms with Crippen molar-refractivity contribution in [3.05, 3.63) is 99.8 Å². The number of rotatable bonds is 15. The van der Waals surface area contributed by atoms with Crippen LogP contribution in [0.15, 0.2) is 88.0 Å². The molecule has 54 heavy (non-hydrogen) atoms. The van der Waals surface area contributed by atoms with E-state index in [2.05, 4.69) is 79.7 Å². The summed E-state index contributed by atoms with van der Waals surface area (Å²) in [5.41, 5.74) is 10.2. The van der Waals surface area contributed by atoms with Gasteiger partial charge in [-0.15, -0.1) is 0 Å². The number of carbonyl (C=O) groups is 1. The van der Waals surface area contributed by atoms with Crippen molar-refractivity contribution in [1.29, 1.82) is 0 Å². The minimum Gasteiger partial charge on any atom is -0.481 e. The first-order chi connectivity index (χ1) is 25.2. The number of unbranched alkanes of at least 4 members (excludes halogenated alkanes) is 3. The Morgan fingerprint density at radius 3 is 2.28 bits per heavy atom. The molecule has 0 bridgehead atoms. The van der Waals surface area contributed by atoms with E-state index in [0.29, 0.717) is 19.4 Å². The Morgan fingerprint density at radius 1 is 0.852 bits per heavy atom. The Balaban J connectivity index is 1.48. The van der Waals surface area contributed by atoms with Crippen LogP contribution in [-0.4, -0.2) is 66.1 Å². The van der Waals surface area contributed by atoms with Crippen LogP contribution >= 0.6 is 0 Å². The van der Waals surface area contributed by atoms with E-state index < -0.39 is 31.6 Å². The van der Waals surface area contributed by atoms with Gasteiger partial charge in [0, 0.05) is 53.9 Å². The number of fused-ring (bicyclic) bond motifs is 2. The summed E-state index contributed by atoms with van der Waals surface area (Å²) in [6.07, 6.45) is 14.9. The zero-order chi connectivity index (χ0) is 39.6. The van der Waals surface area contributed by atoms with Crippen LogP contribution in [-0.2, 0) is 35.9 Å². The second kappa shape index (κ2) is 16.1. The molecule has 12 heteroatoms. The summed E-state index contributed by atoms with van der Waals surface area (Å²) in [5, 5.41) is 9.09. The molecule has 0 radical (unpaired) electrons. The zero-order valence-corrected chi connectivity index (χ0v) is 34.0. The monoisotopic (exact) mass is 779 g/mol. The molecule has 292 valence electrons. The normalized spacial score (nSPS) is 19.7. The predicted octanol–water partition coefficient (Wildman–Crippen LogP) is 8.60. The standard InChI is InChI=1S/C42H54N2O8S2/c1-29-16-20-36-34(27-29)41(3,4)38(43(36)24-9-7-8-15-40(45)46)22-17-31-13-12-14-32(30(31)2)18-23-39-42(5,6)35-28-33(54(50,51)52)19-21-37(35)44(39)25-10-11-26-53(47,48)49/h16-23,27-28H,7-15,24-26H2,1-6H3,(H2-,45,46,47,48,49,50,51,52)/p+1. The fraction of sp³-hybridized carbons (Fsp3) is 0.476. The number of hydrogen-bond donors (Lipinski definition) is 3. The molecule has 2 aromatic carbocycles. The fourth-order valence-corrected chi connectivity index (χ4v) is 9.27. The van der Waals surface area contributed by atoms with Gasteiger partial charge in [-0.1, -0.05) is 37.6 Å². The SMILES string of the molecule is CC1=C(/C=C/C2=[N+](CCCCCC(=O)O)c3ccc(C)cc3C2(C)C)CCC/C1=C\C=C1\N(CCCCS(=O)(=O)O)c2ccc(S(=O)(=O)O)cc2C1(C)C. The largest absolute Gasteiger partial charge is 0.481 e. The predicted molar refractivity (Wildman–Crippen MR) is 214 cm³/mol. The number of allylic oxidation sites excluding steroid dienone is 8. The molecular weight excluding hydrogens is 725 g/mol. The minimum absolute atomic E-state index is 0.180. The molecule has 0 spiro atoms. The van der Waals surface area contributed by atoms with Gasteiger partial charge in [-0.25, -0.2) is 0 Å². The van der Waals surface area contributed by atoms with Crippen molar-refractivity contribution < 1.29 is 40.4 Å². The highest BCUT2D eigenvalue weighted by Crippen LogP contribution is 2.49. The van der Waals surface area contributed by atoms with Gasteiger partial charge >= 0.3 is 5.97 Å². The van der Waals surface area contributed by atoms with E-state index in [1.54, 1.807) is 6.07 Å². The van der Waals surface area contributed by atoms with Crippen LogP contribution in [0.2, 0.25) is 0 Å². The van der Waals surface area contributed by atoms with Gasteiger partial charge in [0.05, 0.1) is 16.1 Å². The Kier molecular flexibility index (Phi) is 12.3. The maximum absolute atomic E-state index is 12.1. The van der Waals surface area contributed by atoms with Gasteiger partial charge in [-0.05, 0) is 125 Å². The van der Waals surface area contributed by atoms with E-state index in [9.17, 15) is 30.7 Å². The van der Waals surface area contributed by atoms with Crippen LogP contribution in [0.3, 0.4) is 0 Å². The summed E-state index contributed by atoms with van der Waals surface area (Å²) in [6, 6.07) is 11.2. The van der Waals surface area contributed by atoms with Gasteiger partial charge in [-0.2, -0.15) is 21.4 Å². The van der Waals surface area contributed by atoms with Crippen molar-refractivity contribution in [3.8, 4) is 0 Å². The molecule has 0 fully saturated rings. The topological polar surface area (TPSA) is 152 Å². The average Bonchev–Trinajstić information content (AvgIpc) is 3.41. The van der Waals surface area contributed by atoms with Crippen LogP contribution < -0.4 is 4.90 Å². The van der Waals surface area contributed by atoms with Gasteiger partial charge in [0.2, 0.25) is 5.69 Å². The van der Waals surface area contributed by atoms with Gasteiger partial charge in [0.1, 0.15) is 6.54 Å². The summed E-state index contributed by atoms with van der Waals surface area (Å²) in [5.74, 6) is -1.10. The Hall–Kier alpha value is -3.84. The van der Waals surface area contributed by atoms with Crippen LogP contribution in [0.5, 0.6) is 0 Å². The first-order valence-corrected chi connectivity index (χ1v) is 21.9. The van der Waals surface area contributed by atoms with Crippen molar-refractivity contribution in [3.63, 3.8) is 0 Å². The lowest BCUT2D eigenvalue weighted by Crippen LogP contribution is -2.28. The highest BCUT2D eigenvalue weighted by Gasteiger charge is 2.44. The van der Waals surface area contributed by atoms with Crippen molar-refractivity contribution in [2.24, 2.45) is 0 Å². The van der Waals surface area contributed by atoms with Gasteiger partial charge < -0.3 is 10.0 Å². The fourth-order valence-electron chi connectivity index (χ4n) is 8.19.